The van der Waals surface area contributed by atoms with Crippen LogP contribution in [0.4, 0.5) is 5.82 Å². The molecule has 5 rings (SSSR count). The molecule has 0 radical (unpaired) electrons. The van der Waals surface area contributed by atoms with Gasteiger partial charge in [0.15, 0.2) is 0 Å². The van der Waals surface area contributed by atoms with Gasteiger partial charge in [-0.1, -0.05) is 57.2 Å². The van der Waals surface area contributed by atoms with Crippen molar-refractivity contribution in [1.82, 2.24) is 9.38 Å². The molecule has 8 heteroatoms. The zero-order valence-electron chi connectivity index (χ0n) is 22.7. The Morgan fingerprint density at radius 3 is 2.31 bits per heavy atom. The lowest BCUT2D eigenvalue weighted by Gasteiger charge is -2.34. The zero-order valence-corrected chi connectivity index (χ0v) is 25.1. The first-order valence-corrected chi connectivity index (χ1v) is 15.0. The topological polar surface area (TPSA) is 72.7 Å². The van der Waals surface area contributed by atoms with Crippen molar-refractivity contribution in [2.75, 3.05) is 5.32 Å². The van der Waals surface area contributed by atoms with Crippen LogP contribution in [0.1, 0.15) is 41.0 Å². The van der Waals surface area contributed by atoms with E-state index in [9.17, 15) is 8.42 Å². The van der Waals surface area contributed by atoms with Gasteiger partial charge in [-0.2, -0.15) is 8.42 Å². The Morgan fingerprint density at radius 1 is 0.897 bits per heavy atom. The van der Waals surface area contributed by atoms with Crippen LogP contribution in [0.25, 0.3) is 27.7 Å². The maximum Gasteiger partial charge on any atom is 0.339 e. The maximum absolute atomic E-state index is 13.2. The van der Waals surface area contributed by atoms with Crippen LogP contribution >= 0.6 is 15.9 Å². The number of hydrogen-bond donors (Lipinski definition) is 1. The molecule has 0 saturated carbocycles. The van der Waals surface area contributed by atoms with E-state index in [-0.39, 0.29) is 21.6 Å². The number of imidazole rings is 1. The van der Waals surface area contributed by atoms with Gasteiger partial charge in [0.25, 0.3) is 0 Å². The third kappa shape index (κ3) is 5.97. The molecule has 3 aromatic carbocycles. The van der Waals surface area contributed by atoms with E-state index in [4.69, 9.17) is 9.17 Å². The lowest BCUT2D eigenvalue weighted by atomic mass is 9.82. The van der Waals surface area contributed by atoms with E-state index < -0.39 is 10.1 Å². The molecule has 0 atom stereocenters. The van der Waals surface area contributed by atoms with Gasteiger partial charge >= 0.3 is 10.1 Å². The van der Waals surface area contributed by atoms with Gasteiger partial charge in [0.1, 0.15) is 27.8 Å². The second-order valence-electron chi connectivity index (χ2n) is 11.7. The Bertz CT molecular complexity index is 1760. The van der Waals surface area contributed by atoms with Crippen LogP contribution in [0.5, 0.6) is 5.75 Å². The average Bonchev–Trinajstić information content (AvgIpc) is 3.19. The highest BCUT2D eigenvalue weighted by Crippen LogP contribution is 2.36. The summed E-state index contributed by atoms with van der Waals surface area (Å²) in [6.07, 6.45) is 2.94. The van der Waals surface area contributed by atoms with Crippen molar-refractivity contribution < 1.29 is 12.6 Å². The largest absolute Gasteiger partial charge is 0.379 e. The lowest BCUT2D eigenvalue weighted by molar-refractivity contribution is 0.302. The molecule has 2 heterocycles. The number of pyridine rings is 1. The Hall–Kier alpha value is -3.36. The molecule has 6 nitrogen and oxygen atoms in total. The summed E-state index contributed by atoms with van der Waals surface area (Å²) in [6.45, 7) is 11.1. The van der Waals surface area contributed by atoms with Gasteiger partial charge < -0.3 is 9.50 Å². The maximum atomic E-state index is 13.2. The van der Waals surface area contributed by atoms with Gasteiger partial charge in [-0.15, -0.1) is 0 Å². The summed E-state index contributed by atoms with van der Waals surface area (Å²) >= 11 is 3.58. The fraction of sp³-hybridized carbons (Fsp3) is 0.258. The fourth-order valence-corrected chi connectivity index (χ4v) is 6.78. The Kier molecular flexibility index (Phi) is 6.97. The van der Waals surface area contributed by atoms with Crippen molar-refractivity contribution in [2.24, 2.45) is 5.41 Å². The molecule has 5 aromatic rings. The molecule has 0 fully saturated rings. The van der Waals surface area contributed by atoms with Crippen molar-refractivity contribution in [3.05, 3.63) is 89.5 Å². The van der Waals surface area contributed by atoms with Gasteiger partial charge in [-0.25, -0.2) is 4.98 Å². The standard InChI is InChI=1S/C31H32BrN3O3S/c1-30(2,3)20-31(4,5)34-29-28(33-27-18-15-23(32)19-35(27)29)22-13-16-24(17-14-22)38-39(36,37)26-12-8-10-21-9-6-7-11-25(21)26/h6-19,34H,20H2,1-5H3. The summed E-state index contributed by atoms with van der Waals surface area (Å²) in [4.78, 5) is 5.05. The van der Waals surface area contributed by atoms with E-state index in [1.165, 1.54) is 0 Å². The third-order valence-electron chi connectivity index (χ3n) is 6.36. The number of nitrogens with zero attached hydrogens (tertiary/aromatic N) is 2. The van der Waals surface area contributed by atoms with Gasteiger partial charge in [0.2, 0.25) is 0 Å². The molecule has 0 unspecified atom stereocenters. The highest BCUT2D eigenvalue weighted by atomic mass is 79.9. The predicted molar refractivity (Wildman–Crippen MR) is 162 cm³/mol. The van der Waals surface area contributed by atoms with Crippen molar-refractivity contribution >= 4 is 48.3 Å². The number of fused-ring (bicyclic) bond motifs is 2. The predicted octanol–water partition coefficient (Wildman–Crippen LogP) is 8.31. The lowest BCUT2D eigenvalue weighted by Crippen LogP contribution is -2.36. The first-order chi connectivity index (χ1) is 18.3. The Balaban J connectivity index is 1.49. The highest BCUT2D eigenvalue weighted by molar-refractivity contribution is 9.10. The Morgan fingerprint density at radius 2 is 1.59 bits per heavy atom. The number of benzene rings is 3. The van der Waals surface area contributed by atoms with Crippen LogP contribution in [0.3, 0.4) is 0 Å². The number of rotatable bonds is 7. The van der Waals surface area contributed by atoms with Gasteiger partial charge in [0.05, 0.1) is 0 Å². The molecule has 0 aliphatic rings. The minimum atomic E-state index is -4.03. The van der Waals surface area contributed by atoms with E-state index in [0.717, 1.165) is 39.0 Å². The van der Waals surface area contributed by atoms with Crippen molar-refractivity contribution in [3.63, 3.8) is 0 Å². The third-order valence-corrected chi connectivity index (χ3v) is 8.14. The summed E-state index contributed by atoms with van der Waals surface area (Å²) in [5, 5.41) is 5.20. The smallest absolute Gasteiger partial charge is 0.339 e. The molecule has 0 spiro atoms. The molecule has 0 saturated heterocycles. The molecule has 0 bridgehead atoms. The molecule has 1 N–H and O–H groups in total. The highest BCUT2D eigenvalue weighted by Gasteiger charge is 2.28. The second kappa shape index (κ2) is 9.99. The minimum absolute atomic E-state index is 0.131. The first-order valence-electron chi connectivity index (χ1n) is 12.8. The summed E-state index contributed by atoms with van der Waals surface area (Å²) < 4.78 is 34.9. The van der Waals surface area contributed by atoms with E-state index in [1.807, 2.05) is 59.1 Å². The number of anilines is 1. The van der Waals surface area contributed by atoms with Crippen LogP contribution in [-0.2, 0) is 10.1 Å². The molecule has 202 valence electrons. The molecular weight excluding hydrogens is 574 g/mol. The van der Waals surface area contributed by atoms with E-state index in [0.29, 0.717) is 5.39 Å². The molecule has 2 aromatic heterocycles. The van der Waals surface area contributed by atoms with Crippen molar-refractivity contribution in [2.45, 2.75) is 51.5 Å². The average molecular weight is 607 g/mol. The molecule has 0 aliphatic carbocycles. The summed E-state index contributed by atoms with van der Waals surface area (Å²) in [5.41, 5.74) is 2.35. The van der Waals surface area contributed by atoms with Gasteiger partial charge in [-0.3, -0.25) is 4.40 Å². The van der Waals surface area contributed by atoms with Crippen LogP contribution in [0.2, 0.25) is 0 Å². The monoisotopic (exact) mass is 605 g/mol. The second-order valence-corrected chi connectivity index (χ2v) is 14.1. The number of halogens is 1. The molecule has 0 aliphatic heterocycles. The number of hydrogen-bond acceptors (Lipinski definition) is 5. The minimum Gasteiger partial charge on any atom is -0.379 e. The van der Waals surface area contributed by atoms with Crippen molar-refractivity contribution in [3.8, 4) is 17.0 Å². The quantitative estimate of drug-likeness (QED) is 0.189. The van der Waals surface area contributed by atoms with E-state index in [2.05, 4.69) is 55.9 Å². The van der Waals surface area contributed by atoms with Crippen LogP contribution in [0, 0.1) is 5.41 Å². The summed E-state index contributed by atoms with van der Waals surface area (Å²) in [6, 6.07) is 23.5. The fourth-order valence-electron chi connectivity index (χ4n) is 5.28. The number of aromatic nitrogens is 2. The Labute approximate surface area is 238 Å². The van der Waals surface area contributed by atoms with Crippen molar-refractivity contribution in [1.29, 1.82) is 0 Å². The first kappa shape index (κ1) is 27.2. The van der Waals surface area contributed by atoms with Crippen LogP contribution < -0.4 is 9.50 Å². The number of nitrogens with one attached hydrogen (secondary N) is 1. The summed E-state index contributed by atoms with van der Waals surface area (Å²) in [5.74, 6) is 1.11. The van der Waals surface area contributed by atoms with Crippen LogP contribution in [0.15, 0.2) is 94.4 Å². The van der Waals surface area contributed by atoms with E-state index in [1.54, 1.807) is 30.3 Å². The molecule has 39 heavy (non-hydrogen) atoms. The van der Waals surface area contributed by atoms with Crippen LogP contribution in [-0.4, -0.2) is 23.3 Å². The summed E-state index contributed by atoms with van der Waals surface area (Å²) in [7, 11) is -4.03. The normalized spacial score (nSPS) is 12.7. The molecule has 0 amide bonds. The SMILES string of the molecule is CC(C)(C)CC(C)(C)Nc1c(-c2ccc(OS(=O)(=O)c3cccc4ccccc34)cc2)nc2ccc(Br)cn12. The van der Waals surface area contributed by atoms with Gasteiger partial charge in [-0.05, 0) is 89.5 Å². The molecular formula is C31H32BrN3O3S. The van der Waals surface area contributed by atoms with E-state index >= 15 is 0 Å². The van der Waals surface area contributed by atoms with Gasteiger partial charge in [0, 0.05) is 27.2 Å². The zero-order chi connectivity index (χ0) is 28.0.